The number of aromatic nitrogens is 3. The van der Waals surface area contributed by atoms with Crippen LogP contribution in [-0.4, -0.2) is 64.7 Å². The van der Waals surface area contributed by atoms with E-state index in [9.17, 15) is 19.5 Å². The molecular formula is C21H28N6O6. The molecule has 1 aliphatic heterocycles. The molecule has 0 saturated heterocycles. The first-order valence-corrected chi connectivity index (χ1v) is 10.5. The Morgan fingerprint density at radius 2 is 2.09 bits per heavy atom. The SMILES string of the molecule is COC(=O)CC[C@H](NC(=O)c1cc(CCC2CNc3nc(N)nc(O)c3C2)c[nH]1)C(=O)OC. The van der Waals surface area contributed by atoms with Crippen molar-refractivity contribution in [3.63, 3.8) is 0 Å². The van der Waals surface area contributed by atoms with Gasteiger partial charge in [0, 0.05) is 19.2 Å². The fraction of sp³-hybridized carbons (Fsp3) is 0.476. The summed E-state index contributed by atoms with van der Waals surface area (Å²) >= 11 is 0. The number of nitrogens with two attached hydrogens (primary N) is 1. The molecule has 12 nitrogen and oxygen atoms in total. The molecule has 0 bridgehead atoms. The van der Waals surface area contributed by atoms with Gasteiger partial charge in [-0.05, 0) is 43.2 Å². The summed E-state index contributed by atoms with van der Waals surface area (Å²) in [6, 6.07) is 0.751. The number of hydrogen-bond donors (Lipinski definition) is 5. The van der Waals surface area contributed by atoms with Gasteiger partial charge in [0.2, 0.25) is 11.8 Å². The van der Waals surface area contributed by atoms with E-state index in [0.29, 0.717) is 36.5 Å². The molecule has 1 unspecified atom stereocenters. The summed E-state index contributed by atoms with van der Waals surface area (Å²) < 4.78 is 9.28. The summed E-state index contributed by atoms with van der Waals surface area (Å²) in [5, 5.41) is 15.8. The van der Waals surface area contributed by atoms with Crippen molar-refractivity contribution in [1.29, 1.82) is 0 Å². The number of aryl methyl sites for hydroxylation is 1. The Morgan fingerprint density at radius 1 is 1.30 bits per heavy atom. The Hall–Kier alpha value is -3.83. The van der Waals surface area contributed by atoms with Crippen molar-refractivity contribution in [2.75, 3.05) is 31.8 Å². The second-order valence-electron chi connectivity index (χ2n) is 7.81. The smallest absolute Gasteiger partial charge is 0.328 e. The molecule has 2 atom stereocenters. The van der Waals surface area contributed by atoms with Crippen molar-refractivity contribution in [1.82, 2.24) is 20.3 Å². The number of esters is 2. The average Bonchev–Trinajstić information content (AvgIpc) is 3.28. The molecule has 0 radical (unpaired) electrons. The summed E-state index contributed by atoms with van der Waals surface area (Å²) in [6.45, 7) is 0.682. The van der Waals surface area contributed by atoms with E-state index in [1.54, 1.807) is 12.3 Å². The quantitative estimate of drug-likeness (QED) is 0.331. The Labute approximate surface area is 190 Å². The maximum atomic E-state index is 12.6. The number of ether oxygens (including phenoxy) is 2. The number of amides is 1. The van der Waals surface area contributed by atoms with Crippen molar-refractivity contribution < 1.29 is 29.0 Å². The molecule has 1 amide bonds. The second kappa shape index (κ2) is 10.7. The van der Waals surface area contributed by atoms with E-state index in [1.807, 2.05) is 0 Å². The van der Waals surface area contributed by atoms with Crippen molar-refractivity contribution >= 4 is 29.6 Å². The maximum absolute atomic E-state index is 12.6. The molecule has 0 aliphatic carbocycles. The van der Waals surface area contributed by atoms with Gasteiger partial charge in [-0.1, -0.05) is 0 Å². The predicted octanol–water partition coefficient (Wildman–Crippen LogP) is 0.534. The second-order valence-corrected chi connectivity index (χ2v) is 7.81. The lowest BCUT2D eigenvalue weighted by atomic mass is 9.91. The third kappa shape index (κ3) is 6.11. The highest BCUT2D eigenvalue weighted by atomic mass is 16.5. The zero-order chi connectivity index (χ0) is 24.0. The number of anilines is 2. The molecule has 0 saturated carbocycles. The van der Waals surface area contributed by atoms with Gasteiger partial charge in [-0.25, -0.2) is 4.79 Å². The van der Waals surface area contributed by atoms with Crippen molar-refractivity contribution in [3.05, 3.63) is 29.1 Å². The standard InChI is InChI=1S/C21H28N6O6/c1-32-16(28)6-5-14(20(31)33-2)25-19(30)15-8-12(9-23-15)4-3-11-7-13-17(24-10-11)26-21(22)27-18(13)29/h8-9,11,14,23H,3-7,10H2,1-2H3,(H,25,30)(H4,22,24,26,27,29)/t11?,14-/m0/s1. The zero-order valence-electron chi connectivity index (χ0n) is 18.5. The molecule has 2 aromatic rings. The van der Waals surface area contributed by atoms with Crippen molar-refractivity contribution in [2.24, 2.45) is 5.92 Å². The van der Waals surface area contributed by atoms with Crippen LogP contribution in [0.2, 0.25) is 0 Å². The van der Waals surface area contributed by atoms with Gasteiger partial charge in [0.15, 0.2) is 0 Å². The number of rotatable bonds is 9. The fourth-order valence-corrected chi connectivity index (χ4v) is 3.71. The van der Waals surface area contributed by atoms with Crippen LogP contribution in [-0.2, 0) is 31.9 Å². The first-order chi connectivity index (χ1) is 15.8. The number of nitrogens with one attached hydrogen (secondary N) is 3. The lowest BCUT2D eigenvalue weighted by Gasteiger charge is -2.25. The summed E-state index contributed by atoms with van der Waals surface area (Å²) in [5.74, 6) is -0.886. The third-order valence-electron chi connectivity index (χ3n) is 5.54. The number of aromatic amines is 1. The van der Waals surface area contributed by atoms with E-state index >= 15 is 0 Å². The lowest BCUT2D eigenvalue weighted by molar-refractivity contribution is -0.144. The first-order valence-electron chi connectivity index (χ1n) is 10.5. The van der Waals surface area contributed by atoms with E-state index in [1.165, 1.54) is 14.2 Å². The number of nitrogens with zero attached hydrogens (tertiary/aromatic N) is 2. The predicted molar refractivity (Wildman–Crippen MR) is 117 cm³/mol. The van der Waals surface area contributed by atoms with E-state index in [-0.39, 0.29) is 30.6 Å². The zero-order valence-corrected chi connectivity index (χ0v) is 18.5. The lowest BCUT2D eigenvalue weighted by Crippen LogP contribution is -2.42. The number of H-pyrrole nitrogens is 1. The molecule has 6 N–H and O–H groups in total. The van der Waals surface area contributed by atoms with Crippen LogP contribution in [0.25, 0.3) is 0 Å². The number of aromatic hydroxyl groups is 1. The van der Waals surface area contributed by atoms with Gasteiger partial charge in [-0.2, -0.15) is 9.97 Å². The van der Waals surface area contributed by atoms with Gasteiger partial charge in [0.05, 0.1) is 19.8 Å². The minimum atomic E-state index is -0.967. The van der Waals surface area contributed by atoms with E-state index < -0.39 is 23.9 Å². The molecule has 2 aromatic heterocycles. The highest BCUT2D eigenvalue weighted by Crippen LogP contribution is 2.31. The fourth-order valence-electron chi connectivity index (χ4n) is 3.71. The molecule has 178 valence electrons. The number of fused-ring (bicyclic) bond motifs is 1. The Morgan fingerprint density at radius 3 is 2.82 bits per heavy atom. The van der Waals surface area contributed by atoms with Crippen LogP contribution in [0.1, 0.15) is 40.9 Å². The third-order valence-corrected chi connectivity index (χ3v) is 5.54. The highest BCUT2D eigenvalue weighted by molar-refractivity contribution is 5.95. The molecule has 3 heterocycles. The molecule has 0 fully saturated rings. The van der Waals surface area contributed by atoms with Crippen molar-refractivity contribution in [2.45, 2.75) is 38.1 Å². The minimum Gasteiger partial charge on any atom is -0.493 e. The van der Waals surface area contributed by atoms with E-state index in [2.05, 4.69) is 30.3 Å². The summed E-state index contributed by atoms with van der Waals surface area (Å²) in [4.78, 5) is 46.7. The number of carbonyl (C=O) groups is 3. The molecule has 12 heteroatoms. The van der Waals surface area contributed by atoms with Gasteiger partial charge in [0.1, 0.15) is 17.6 Å². The van der Waals surface area contributed by atoms with Gasteiger partial charge in [-0.3, -0.25) is 9.59 Å². The van der Waals surface area contributed by atoms with Crippen LogP contribution < -0.4 is 16.4 Å². The number of hydrogen-bond acceptors (Lipinski definition) is 10. The maximum Gasteiger partial charge on any atom is 0.328 e. The van der Waals surface area contributed by atoms with Gasteiger partial charge < -0.3 is 35.9 Å². The monoisotopic (exact) mass is 460 g/mol. The highest BCUT2D eigenvalue weighted by Gasteiger charge is 2.25. The molecular weight excluding hydrogens is 432 g/mol. The van der Waals surface area contributed by atoms with Crippen LogP contribution >= 0.6 is 0 Å². The van der Waals surface area contributed by atoms with Crippen LogP contribution in [0.3, 0.4) is 0 Å². The summed E-state index contributed by atoms with van der Waals surface area (Å²) in [7, 11) is 2.47. The molecule has 3 rings (SSSR count). The van der Waals surface area contributed by atoms with Crippen LogP contribution in [0, 0.1) is 5.92 Å². The Balaban J connectivity index is 1.55. The van der Waals surface area contributed by atoms with E-state index in [0.717, 1.165) is 12.0 Å². The topological polar surface area (TPSA) is 182 Å². The first kappa shape index (κ1) is 23.8. The van der Waals surface area contributed by atoms with Gasteiger partial charge in [-0.15, -0.1) is 0 Å². The average molecular weight is 460 g/mol. The largest absolute Gasteiger partial charge is 0.493 e. The van der Waals surface area contributed by atoms with Gasteiger partial charge >= 0.3 is 11.9 Å². The van der Waals surface area contributed by atoms with Gasteiger partial charge in [0.25, 0.3) is 5.91 Å². The summed E-state index contributed by atoms with van der Waals surface area (Å²) in [5.41, 5.74) is 7.43. The number of carbonyl (C=O) groups excluding carboxylic acids is 3. The summed E-state index contributed by atoms with van der Waals surface area (Å²) in [6.07, 6.45) is 3.90. The number of methoxy groups -OCH3 is 2. The number of nitrogen functional groups attached to an aromatic ring is 1. The van der Waals surface area contributed by atoms with Crippen molar-refractivity contribution in [3.8, 4) is 5.88 Å². The molecule has 1 aliphatic rings. The Kier molecular flexibility index (Phi) is 7.70. The van der Waals surface area contributed by atoms with E-state index in [4.69, 9.17) is 10.5 Å². The molecule has 0 aromatic carbocycles. The normalized spacial score (nSPS) is 15.6. The Bertz CT molecular complexity index is 1020. The van der Waals surface area contributed by atoms with Crippen LogP contribution in [0.5, 0.6) is 5.88 Å². The van der Waals surface area contributed by atoms with Crippen LogP contribution in [0.4, 0.5) is 11.8 Å². The molecule has 33 heavy (non-hydrogen) atoms. The minimum absolute atomic E-state index is 0.0232. The molecule has 0 spiro atoms. The van der Waals surface area contributed by atoms with Crippen LogP contribution in [0.15, 0.2) is 12.3 Å².